The van der Waals surface area contributed by atoms with Gasteiger partial charge >= 0.3 is 0 Å². The summed E-state index contributed by atoms with van der Waals surface area (Å²) in [6.45, 7) is 4.64. The third-order valence-corrected chi connectivity index (χ3v) is 3.82. The molecule has 1 aromatic carbocycles. The Morgan fingerprint density at radius 1 is 1.43 bits per heavy atom. The third kappa shape index (κ3) is 2.74. The number of hydrogen-bond acceptors (Lipinski definition) is 4. The van der Waals surface area contributed by atoms with Gasteiger partial charge in [-0.15, -0.1) is 0 Å². The zero-order chi connectivity index (χ0) is 15.0. The first-order valence-corrected chi connectivity index (χ1v) is 7.07. The smallest absolute Gasteiger partial charge is 0.292 e. The molecule has 0 saturated carbocycles. The number of aromatic nitrogens is 2. The minimum atomic E-state index is -0.328. The van der Waals surface area contributed by atoms with E-state index in [1.165, 1.54) is 0 Å². The minimum Gasteiger partial charge on any atom is -0.375 e. The van der Waals surface area contributed by atoms with Gasteiger partial charge in [0.05, 0.1) is 10.6 Å². The number of rotatable bonds is 3. The van der Waals surface area contributed by atoms with Crippen molar-refractivity contribution in [2.45, 2.75) is 39.3 Å². The van der Waals surface area contributed by atoms with E-state index in [9.17, 15) is 10.1 Å². The van der Waals surface area contributed by atoms with Gasteiger partial charge in [0.15, 0.2) is 0 Å². The van der Waals surface area contributed by atoms with Crippen LogP contribution < -0.4 is 5.32 Å². The van der Waals surface area contributed by atoms with E-state index in [0.717, 1.165) is 36.5 Å². The Balaban J connectivity index is 1.80. The number of nitro benzene ring substituents is 1. The Hall–Kier alpha value is -2.37. The van der Waals surface area contributed by atoms with Crippen molar-refractivity contribution in [2.75, 3.05) is 5.32 Å². The highest BCUT2D eigenvalue weighted by Gasteiger charge is 2.22. The fraction of sp³-hybridized carbons (Fsp3) is 0.400. The molecule has 0 bridgehead atoms. The first kappa shape index (κ1) is 13.6. The van der Waals surface area contributed by atoms with Gasteiger partial charge in [-0.25, -0.2) is 4.98 Å². The van der Waals surface area contributed by atoms with Gasteiger partial charge in [-0.1, -0.05) is 6.07 Å². The number of hydrogen-bond donors (Lipinski definition) is 1. The maximum Gasteiger partial charge on any atom is 0.292 e. The maximum atomic E-state index is 11.2. The van der Waals surface area contributed by atoms with Crippen LogP contribution in [0.1, 0.15) is 23.5 Å². The molecule has 1 unspecified atom stereocenters. The number of benzene rings is 1. The van der Waals surface area contributed by atoms with Crippen LogP contribution in [-0.2, 0) is 13.0 Å². The molecule has 1 aliphatic heterocycles. The highest BCUT2D eigenvalue weighted by Crippen LogP contribution is 2.28. The predicted octanol–water partition coefficient (Wildman–Crippen LogP) is 2.84. The average Bonchev–Trinajstić information content (AvgIpc) is 2.80. The molecular formula is C15H18N4O2. The summed E-state index contributed by atoms with van der Waals surface area (Å²) in [5, 5.41) is 14.5. The fourth-order valence-corrected chi connectivity index (χ4v) is 2.84. The quantitative estimate of drug-likeness (QED) is 0.695. The molecule has 1 N–H and O–H groups in total. The van der Waals surface area contributed by atoms with Gasteiger partial charge in [-0.2, -0.15) is 0 Å². The number of anilines is 1. The van der Waals surface area contributed by atoms with Gasteiger partial charge in [0.1, 0.15) is 11.5 Å². The van der Waals surface area contributed by atoms with Crippen molar-refractivity contribution in [1.29, 1.82) is 0 Å². The van der Waals surface area contributed by atoms with E-state index in [0.29, 0.717) is 5.69 Å². The molecule has 1 aliphatic rings. The van der Waals surface area contributed by atoms with Crippen molar-refractivity contribution in [2.24, 2.45) is 0 Å². The van der Waals surface area contributed by atoms with Crippen LogP contribution >= 0.6 is 0 Å². The largest absolute Gasteiger partial charge is 0.375 e. The van der Waals surface area contributed by atoms with E-state index in [1.54, 1.807) is 12.1 Å². The molecule has 1 aromatic heterocycles. The molecule has 0 fully saturated rings. The second-order valence-electron chi connectivity index (χ2n) is 5.61. The molecule has 3 rings (SSSR count). The second kappa shape index (κ2) is 5.20. The van der Waals surface area contributed by atoms with E-state index in [2.05, 4.69) is 14.9 Å². The zero-order valence-electron chi connectivity index (χ0n) is 12.2. The Kier molecular flexibility index (Phi) is 3.37. The molecule has 0 radical (unpaired) electrons. The standard InChI is InChI=1S/C15H18N4O2/c1-10-3-5-13(14(7-10)19(20)21)17-12-4-6-15-16-11(2)8-18(15)9-12/h3,5,7-8,12,17H,4,6,9H2,1-2H3. The monoisotopic (exact) mass is 286 g/mol. The topological polar surface area (TPSA) is 73.0 Å². The molecule has 0 amide bonds. The molecule has 0 spiro atoms. The molecule has 0 aliphatic carbocycles. The van der Waals surface area contributed by atoms with Crippen LogP contribution in [0.15, 0.2) is 24.4 Å². The maximum absolute atomic E-state index is 11.2. The fourth-order valence-electron chi connectivity index (χ4n) is 2.84. The number of nitrogens with zero attached hydrogens (tertiary/aromatic N) is 3. The average molecular weight is 286 g/mol. The first-order chi connectivity index (χ1) is 10.0. The molecule has 6 heteroatoms. The van der Waals surface area contributed by atoms with Crippen molar-refractivity contribution in [3.05, 3.63) is 51.6 Å². The van der Waals surface area contributed by atoms with Crippen LogP contribution in [0.3, 0.4) is 0 Å². The van der Waals surface area contributed by atoms with Gasteiger partial charge in [0, 0.05) is 31.3 Å². The number of aryl methyl sites for hydroxylation is 3. The summed E-state index contributed by atoms with van der Waals surface area (Å²) in [5.74, 6) is 1.10. The first-order valence-electron chi connectivity index (χ1n) is 7.07. The summed E-state index contributed by atoms with van der Waals surface area (Å²) in [5.41, 5.74) is 2.65. The summed E-state index contributed by atoms with van der Waals surface area (Å²) >= 11 is 0. The highest BCUT2D eigenvalue weighted by atomic mass is 16.6. The van der Waals surface area contributed by atoms with Crippen LogP contribution in [0.25, 0.3) is 0 Å². The lowest BCUT2D eigenvalue weighted by Crippen LogP contribution is -2.31. The van der Waals surface area contributed by atoms with Gasteiger partial charge in [-0.3, -0.25) is 10.1 Å². The number of fused-ring (bicyclic) bond motifs is 1. The Morgan fingerprint density at radius 2 is 2.24 bits per heavy atom. The molecule has 6 nitrogen and oxygen atoms in total. The van der Waals surface area contributed by atoms with Crippen molar-refractivity contribution in [3.8, 4) is 0 Å². The van der Waals surface area contributed by atoms with Crippen LogP contribution in [0.2, 0.25) is 0 Å². The SMILES string of the molecule is Cc1ccc(NC2CCc3nc(C)cn3C2)c([N+](=O)[O-])c1. The zero-order valence-corrected chi connectivity index (χ0v) is 12.2. The highest BCUT2D eigenvalue weighted by molar-refractivity contribution is 5.63. The van der Waals surface area contributed by atoms with E-state index in [-0.39, 0.29) is 16.7 Å². The lowest BCUT2D eigenvalue weighted by molar-refractivity contribution is -0.384. The van der Waals surface area contributed by atoms with Crippen LogP contribution in [0.4, 0.5) is 11.4 Å². The molecule has 1 atom stereocenters. The van der Waals surface area contributed by atoms with Gasteiger partial charge in [0.2, 0.25) is 0 Å². The molecule has 110 valence electrons. The number of imidazole rings is 1. The summed E-state index contributed by atoms with van der Waals surface area (Å²) in [4.78, 5) is 15.3. The van der Waals surface area contributed by atoms with E-state index in [1.807, 2.05) is 26.1 Å². The molecular weight excluding hydrogens is 268 g/mol. The Labute approximate surface area is 123 Å². The van der Waals surface area contributed by atoms with Crippen LogP contribution in [0, 0.1) is 24.0 Å². The van der Waals surface area contributed by atoms with Crippen LogP contribution in [-0.4, -0.2) is 20.5 Å². The van der Waals surface area contributed by atoms with Crippen molar-refractivity contribution in [3.63, 3.8) is 0 Å². The normalized spacial score (nSPS) is 17.3. The minimum absolute atomic E-state index is 0.141. The second-order valence-corrected chi connectivity index (χ2v) is 5.61. The van der Waals surface area contributed by atoms with Gasteiger partial charge in [-0.05, 0) is 31.9 Å². The van der Waals surface area contributed by atoms with E-state index in [4.69, 9.17) is 0 Å². The van der Waals surface area contributed by atoms with Crippen molar-refractivity contribution in [1.82, 2.24) is 9.55 Å². The Bertz CT molecular complexity index is 693. The lowest BCUT2D eigenvalue weighted by atomic mass is 10.1. The van der Waals surface area contributed by atoms with Crippen molar-refractivity contribution >= 4 is 11.4 Å². The summed E-state index contributed by atoms with van der Waals surface area (Å²) in [6, 6.07) is 5.48. The third-order valence-electron chi connectivity index (χ3n) is 3.82. The summed E-state index contributed by atoms with van der Waals surface area (Å²) in [7, 11) is 0. The number of nitrogens with one attached hydrogen (secondary N) is 1. The van der Waals surface area contributed by atoms with E-state index >= 15 is 0 Å². The van der Waals surface area contributed by atoms with Gasteiger partial charge in [0.25, 0.3) is 5.69 Å². The summed E-state index contributed by atoms with van der Waals surface area (Å²) in [6.07, 6.45) is 3.86. The lowest BCUT2D eigenvalue weighted by Gasteiger charge is -2.25. The molecule has 0 saturated heterocycles. The predicted molar refractivity (Wildman–Crippen MR) is 80.5 cm³/mol. The molecule has 21 heavy (non-hydrogen) atoms. The van der Waals surface area contributed by atoms with Crippen LogP contribution in [0.5, 0.6) is 0 Å². The van der Waals surface area contributed by atoms with E-state index < -0.39 is 0 Å². The van der Waals surface area contributed by atoms with Crippen molar-refractivity contribution < 1.29 is 4.92 Å². The van der Waals surface area contributed by atoms with Gasteiger partial charge < -0.3 is 9.88 Å². The molecule has 2 aromatic rings. The molecule has 2 heterocycles. The Morgan fingerprint density at radius 3 is 3.00 bits per heavy atom. The number of nitro groups is 1. The summed E-state index contributed by atoms with van der Waals surface area (Å²) < 4.78 is 2.14.